The number of carbonyl (C=O) groups is 1. The maximum Gasteiger partial charge on any atom is 0.416 e. The molecule has 1 amide bonds. The van der Waals surface area contributed by atoms with Crippen LogP contribution < -0.4 is 5.32 Å². The summed E-state index contributed by atoms with van der Waals surface area (Å²) in [5.41, 5.74) is 4.57. The molecule has 5 aromatic rings. The second kappa shape index (κ2) is 10.3. The predicted molar refractivity (Wildman–Crippen MR) is 139 cm³/mol. The number of nitrogens with zero attached hydrogens (tertiary/aromatic N) is 1. The number of nitrogens with one attached hydrogen (secondary N) is 2. The van der Waals surface area contributed by atoms with Crippen molar-refractivity contribution in [3.63, 3.8) is 0 Å². The monoisotopic (exact) mass is 499 g/mol. The highest BCUT2D eigenvalue weighted by atomic mass is 19.4. The standard InChI is InChI=1S/C30H24F3N3O/c31-30(32,33)22-16-14-21(15-17-22)24-7-1-2-8-25(24)29(37)34-23-18-12-20(13-19-23)6-5-11-28-35-26-9-3-4-10-27(26)36-28/h1-4,7-10,12-19H,5-6,11H2,(H,34,37)(H,35,36). The van der Waals surface area contributed by atoms with Crippen molar-refractivity contribution in [2.45, 2.75) is 25.4 Å². The van der Waals surface area contributed by atoms with Crippen LogP contribution in [0.25, 0.3) is 22.2 Å². The third-order valence-electron chi connectivity index (χ3n) is 6.22. The Hall–Kier alpha value is -4.39. The highest BCUT2D eigenvalue weighted by Gasteiger charge is 2.30. The lowest BCUT2D eigenvalue weighted by molar-refractivity contribution is -0.137. The van der Waals surface area contributed by atoms with Crippen molar-refractivity contribution in [3.05, 3.63) is 120 Å². The number of alkyl halides is 3. The van der Waals surface area contributed by atoms with Crippen LogP contribution in [-0.2, 0) is 19.0 Å². The van der Waals surface area contributed by atoms with Gasteiger partial charge < -0.3 is 10.3 Å². The molecule has 0 atom stereocenters. The molecule has 0 aliphatic rings. The summed E-state index contributed by atoms with van der Waals surface area (Å²) in [4.78, 5) is 21.0. The van der Waals surface area contributed by atoms with Gasteiger partial charge in [0.25, 0.3) is 5.91 Å². The van der Waals surface area contributed by atoms with Gasteiger partial charge in [0.05, 0.1) is 16.6 Å². The van der Waals surface area contributed by atoms with Crippen molar-refractivity contribution in [3.8, 4) is 11.1 Å². The van der Waals surface area contributed by atoms with E-state index in [1.54, 1.807) is 24.3 Å². The highest BCUT2D eigenvalue weighted by molar-refractivity contribution is 6.08. The zero-order valence-corrected chi connectivity index (χ0v) is 19.8. The number of H-pyrrole nitrogens is 1. The number of hydrogen-bond acceptors (Lipinski definition) is 2. The molecule has 0 bridgehead atoms. The van der Waals surface area contributed by atoms with E-state index >= 15 is 0 Å². The third kappa shape index (κ3) is 5.72. The number of halogens is 3. The molecule has 7 heteroatoms. The van der Waals surface area contributed by atoms with Crippen LogP contribution in [0.4, 0.5) is 18.9 Å². The van der Waals surface area contributed by atoms with Crippen LogP contribution in [0.1, 0.15) is 33.7 Å². The molecule has 1 heterocycles. The second-order valence-electron chi connectivity index (χ2n) is 8.83. The Labute approximate surface area is 212 Å². The summed E-state index contributed by atoms with van der Waals surface area (Å²) in [5, 5.41) is 2.89. The SMILES string of the molecule is O=C(Nc1ccc(CCCc2nc3ccccc3[nH]2)cc1)c1ccccc1-c1ccc(C(F)(F)F)cc1. The van der Waals surface area contributed by atoms with Crippen molar-refractivity contribution in [1.82, 2.24) is 9.97 Å². The summed E-state index contributed by atoms with van der Waals surface area (Å²) >= 11 is 0. The number of carbonyl (C=O) groups excluding carboxylic acids is 1. The van der Waals surface area contributed by atoms with E-state index in [1.807, 2.05) is 48.5 Å². The lowest BCUT2D eigenvalue weighted by Crippen LogP contribution is -2.13. The fourth-order valence-corrected chi connectivity index (χ4v) is 4.31. The molecule has 5 rings (SSSR count). The number of imidazole rings is 1. The molecular formula is C30H24F3N3O. The number of fused-ring (bicyclic) bond motifs is 1. The number of hydrogen-bond donors (Lipinski definition) is 2. The van der Waals surface area contributed by atoms with E-state index in [0.717, 1.165) is 53.8 Å². The maximum atomic E-state index is 13.0. The van der Waals surface area contributed by atoms with E-state index in [4.69, 9.17) is 0 Å². The average molecular weight is 500 g/mol. The van der Waals surface area contributed by atoms with Crippen LogP contribution in [0.15, 0.2) is 97.1 Å². The summed E-state index contributed by atoms with van der Waals surface area (Å²) in [6.45, 7) is 0. The number of amides is 1. The van der Waals surface area contributed by atoms with Crippen LogP contribution in [-0.4, -0.2) is 15.9 Å². The van der Waals surface area contributed by atoms with Crippen molar-refractivity contribution in [2.75, 3.05) is 5.32 Å². The zero-order valence-electron chi connectivity index (χ0n) is 19.8. The van der Waals surface area contributed by atoms with Gasteiger partial charge >= 0.3 is 6.18 Å². The van der Waals surface area contributed by atoms with E-state index in [9.17, 15) is 18.0 Å². The van der Waals surface area contributed by atoms with Crippen molar-refractivity contribution < 1.29 is 18.0 Å². The third-order valence-corrected chi connectivity index (χ3v) is 6.22. The molecule has 2 N–H and O–H groups in total. The van der Waals surface area contributed by atoms with Gasteiger partial charge in [0.15, 0.2) is 0 Å². The summed E-state index contributed by atoms with van der Waals surface area (Å²) in [6, 6.07) is 27.3. The zero-order chi connectivity index (χ0) is 25.8. The quantitative estimate of drug-likeness (QED) is 0.241. The Morgan fingerprint density at radius 1 is 0.811 bits per heavy atom. The number of rotatable bonds is 7. The molecular weight excluding hydrogens is 475 g/mol. The van der Waals surface area contributed by atoms with Gasteiger partial charge in [-0.3, -0.25) is 4.79 Å². The maximum absolute atomic E-state index is 13.0. The number of anilines is 1. The molecule has 0 saturated carbocycles. The molecule has 4 nitrogen and oxygen atoms in total. The Morgan fingerprint density at radius 3 is 2.24 bits per heavy atom. The average Bonchev–Trinajstić information content (AvgIpc) is 3.32. The Morgan fingerprint density at radius 2 is 1.51 bits per heavy atom. The fourth-order valence-electron chi connectivity index (χ4n) is 4.31. The molecule has 186 valence electrons. The first-order chi connectivity index (χ1) is 17.9. The molecule has 1 aromatic heterocycles. The summed E-state index contributed by atoms with van der Waals surface area (Å²) < 4.78 is 38.8. The first-order valence-electron chi connectivity index (χ1n) is 12.0. The normalized spacial score (nSPS) is 11.5. The minimum Gasteiger partial charge on any atom is -0.342 e. The Kier molecular flexibility index (Phi) is 6.77. The van der Waals surface area contributed by atoms with Crippen molar-refractivity contribution in [1.29, 1.82) is 0 Å². The van der Waals surface area contributed by atoms with Gasteiger partial charge in [-0.25, -0.2) is 4.98 Å². The first-order valence-corrected chi connectivity index (χ1v) is 12.0. The lowest BCUT2D eigenvalue weighted by atomic mass is 9.98. The smallest absolute Gasteiger partial charge is 0.342 e. The number of aryl methyl sites for hydroxylation is 2. The molecule has 37 heavy (non-hydrogen) atoms. The molecule has 4 aromatic carbocycles. The minimum atomic E-state index is -4.41. The van der Waals surface area contributed by atoms with Crippen LogP contribution in [0.5, 0.6) is 0 Å². The van der Waals surface area contributed by atoms with Crippen molar-refractivity contribution in [2.24, 2.45) is 0 Å². The summed E-state index contributed by atoms with van der Waals surface area (Å²) in [5.74, 6) is 0.643. The number of aromatic nitrogens is 2. The van der Waals surface area contributed by atoms with E-state index in [-0.39, 0.29) is 5.91 Å². The largest absolute Gasteiger partial charge is 0.416 e. The van der Waals surface area contributed by atoms with Gasteiger partial charge in [0.2, 0.25) is 0 Å². The van der Waals surface area contributed by atoms with Gasteiger partial charge in [-0.15, -0.1) is 0 Å². The summed E-state index contributed by atoms with van der Waals surface area (Å²) in [7, 11) is 0. The van der Waals surface area contributed by atoms with Gasteiger partial charge in [0.1, 0.15) is 5.82 Å². The highest BCUT2D eigenvalue weighted by Crippen LogP contribution is 2.32. The molecule has 0 aliphatic heterocycles. The van der Waals surface area contributed by atoms with Gasteiger partial charge in [0, 0.05) is 17.7 Å². The van der Waals surface area contributed by atoms with Gasteiger partial charge in [-0.05, 0) is 72.0 Å². The molecule has 0 aliphatic carbocycles. The second-order valence-corrected chi connectivity index (χ2v) is 8.83. The van der Waals surface area contributed by atoms with Crippen LogP contribution in [0, 0.1) is 0 Å². The van der Waals surface area contributed by atoms with E-state index < -0.39 is 11.7 Å². The first kappa shape index (κ1) is 24.3. The Balaban J connectivity index is 1.21. The number of benzene rings is 4. The van der Waals surface area contributed by atoms with Gasteiger partial charge in [-0.1, -0.05) is 54.6 Å². The molecule has 0 spiro atoms. The van der Waals surface area contributed by atoms with E-state index in [0.29, 0.717) is 22.4 Å². The number of aromatic amines is 1. The van der Waals surface area contributed by atoms with Crippen LogP contribution in [0.3, 0.4) is 0 Å². The molecule has 0 unspecified atom stereocenters. The van der Waals surface area contributed by atoms with Crippen LogP contribution in [0.2, 0.25) is 0 Å². The topological polar surface area (TPSA) is 57.8 Å². The van der Waals surface area contributed by atoms with Crippen molar-refractivity contribution >= 4 is 22.6 Å². The predicted octanol–water partition coefficient (Wildman–Crippen LogP) is 7.68. The van der Waals surface area contributed by atoms with E-state index in [2.05, 4.69) is 15.3 Å². The Bertz CT molecular complexity index is 1490. The van der Waals surface area contributed by atoms with E-state index in [1.165, 1.54) is 12.1 Å². The minimum absolute atomic E-state index is 0.326. The summed E-state index contributed by atoms with van der Waals surface area (Å²) in [6.07, 6.45) is -1.75. The number of para-hydroxylation sites is 2. The lowest BCUT2D eigenvalue weighted by Gasteiger charge is -2.12. The molecule has 0 fully saturated rings. The van der Waals surface area contributed by atoms with Gasteiger partial charge in [-0.2, -0.15) is 13.2 Å². The van der Waals surface area contributed by atoms with Crippen LogP contribution >= 0.6 is 0 Å². The molecule has 0 saturated heterocycles. The molecule has 0 radical (unpaired) electrons. The fraction of sp³-hybridized carbons (Fsp3) is 0.133.